The number of nitrogens with one attached hydrogen (secondary N) is 2. The van der Waals surface area contributed by atoms with E-state index >= 15 is 0 Å². The Morgan fingerprint density at radius 1 is 1.17 bits per heavy atom. The number of aryl methyl sites for hydroxylation is 1. The van der Waals surface area contributed by atoms with E-state index in [9.17, 15) is 13.2 Å². The molecule has 1 aromatic heterocycles. The van der Waals surface area contributed by atoms with Gasteiger partial charge in [-0.05, 0) is 42.8 Å². The predicted molar refractivity (Wildman–Crippen MR) is 85.4 cm³/mol. The number of aromatic nitrogens is 1. The molecule has 0 saturated heterocycles. The molecule has 0 aliphatic heterocycles. The molecular formula is C15H14N2O5S. The third-order valence-electron chi connectivity index (χ3n) is 3.28. The fraction of sp³-hybridized carbons (Fsp3) is 0.133. The highest BCUT2D eigenvalue weighted by atomic mass is 32.2. The van der Waals surface area contributed by atoms with Crippen LogP contribution in [-0.2, 0) is 10.0 Å². The van der Waals surface area contributed by atoms with Gasteiger partial charge in [-0.15, -0.1) is 0 Å². The highest BCUT2D eigenvalue weighted by molar-refractivity contribution is 7.92. The maximum absolute atomic E-state index is 12.6. The second-order valence-corrected chi connectivity index (χ2v) is 6.64. The predicted octanol–water partition coefficient (Wildman–Crippen LogP) is 2.24. The van der Waals surface area contributed by atoms with Crippen LogP contribution >= 0.6 is 0 Å². The smallest absolute Gasteiger partial charge is 0.417 e. The van der Waals surface area contributed by atoms with Crippen LogP contribution in [0.5, 0.6) is 5.75 Å². The second-order valence-electron chi connectivity index (χ2n) is 4.99. The maximum atomic E-state index is 12.6. The number of ether oxygens (including phenoxy) is 1. The standard InChI is InChI=1S/C15H14N2O5S/c1-9-3-5-13(21-2)14(7-9)23(19,20)17-10-4-6-12-11(8-10)16-15(18)22-12/h3-8,17H,1-2H3,(H,16,18). The lowest BCUT2D eigenvalue weighted by Crippen LogP contribution is -2.14. The molecule has 3 aromatic rings. The van der Waals surface area contributed by atoms with Gasteiger partial charge in [-0.25, -0.2) is 13.2 Å². The van der Waals surface area contributed by atoms with Crippen LogP contribution in [0.4, 0.5) is 5.69 Å². The highest BCUT2D eigenvalue weighted by Crippen LogP contribution is 2.27. The monoisotopic (exact) mass is 334 g/mol. The summed E-state index contributed by atoms with van der Waals surface area (Å²) in [7, 11) is -2.43. The van der Waals surface area contributed by atoms with Gasteiger partial charge in [0.25, 0.3) is 10.0 Å². The van der Waals surface area contributed by atoms with Crippen LogP contribution in [-0.4, -0.2) is 20.5 Å². The van der Waals surface area contributed by atoms with Gasteiger partial charge in [0.1, 0.15) is 10.6 Å². The van der Waals surface area contributed by atoms with Crippen LogP contribution in [0.1, 0.15) is 5.56 Å². The summed E-state index contributed by atoms with van der Waals surface area (Å²) in [5.74, 6) is -0.346. The van der Waals surface area contributed by atoms with E-state index in [-0.39, 0.29) is 10.6 Å². The minimum atomic E-state index is -3.84. The topological polar surface area (TPSA) is 101 Å². The van der Waals surface area contributed by atoms with Gasteiger partial charge in [-0.1, -0.05) is 6.07 Å². The molecule has 0 aliphatic rings. The number of hydrogen-bond donors (Lipinski definition) is 2. The van der Waals surface area contributed by atoms with Gasteiger partial charge in [-0.3, -0.25) is 9.71 Å². The highest BCUT2D eigenvalue weighted by Gasteiger charge is 2.20. The number of hydrogen-bond acceptors (Lipinski definition) is 5. The van der Waals surface area contributed by atoms with Crippen molar-refractivity contribution in [3.8, 4) is 5.75 Å². The molecule has 0 spiro atoms. The van der Waals surface area contributed by atoms with E-state index in [2.05, 4.69) is 9.71 Å². The summed E-state index contributed by atoms with van der Waals surface area (Å²) in [6, 6.07) is 9.40. The number of methoxy groups -OCH3 is 1. The molecule has 3 rings (SSSR count). The molecule has 0 atom stereocenters. The quantitative estimate of drug-likeness (QED) is 0.762. The largest absolute Gasteiger partial charge is 0.495 e. The zero-order valence-electron chi connectivity index (χ0n) is 12.4. The van der Waals surface area contributed by atoms with Crippen molar-refractivity contribution in [3.63, 3.8) is 0 Å². The average molecular weight is 334 g/mol. The molecule has 120 valence electrons. The van der Waals surface area contributed by atoms with Crippen molar-refractivity contribution in [2.24, 2.45) is 0 Å². The van der Waals surface area contributed by atoms with E-state index in [0.29, 0.717) is 16.8 Å². The maximum Gasteiger partial charge on any atom is 0.417 e. The van der Waals surface area contributed by atoms with Crippen molar-refractivity contribution >= 4 is 26.8 Å². The molecular weight excluding hydrogens is 320 g/mol. The van der Waals surface area contributed by atoms with E-state index in [1.54, 1.807) is 19.1 Å². The number of rotatable bonds is 4. The summed E-state index contributed by atoms with van der Waals surface area (Å²) < 4.78 is 37.6. The molecule has 2 aromatic carbocycles. The Balaban J connectivity index is 2.02. The molecule has 7 nitrogen and oxygen atoms in total. The summed E-state index contributed by atoms with van der Waals surface area (Å²) in [6.07, 6.45) is 0. The lowest BCUT2D eigenvalue weighted by molar-refractivity contribution is 0.402. The zero-order chi connectivity index (χ0) is 16.6. The van der Waals surface area contributed by atoms with Crippen molar-refractivity contribution in [1.82, 2.24) is 4.98 Å². The van der Waals surface area contributed by atoms with Gasteiger partial charge < -0.3 is 9.15 Å². The zero-order valence-corrected chi connectivity index (χ0v) is 13.2. The van der Waals surface area contributed by atoms with Crippen LogP contribution in [0.15, 0.2) is 50.5 Å². The van der Waals surface area contributed by atoms with Crippen molar-refractivity contribution in [2.75, 3.05) is 11.8 Å². The second kappa shape index (κ2) is 5.47. The molecule has 23 heavy (non-hydrogen) atoms. The van der Waals surface area contributed by atoms with Crippen molar-refractivity contribution in [2.45, 2.75) is 11.8 Å². The minimum Gasteiger partial charge on any atom is -0.495 e. The number of sulfonamides is 1. The summed E-state index contributed by atoms with van der Waals surface area (Å²) in [5.41, 5.74) is 1.86. The van der Waals surface area contributed by atoms with Gasteiger partial charge in [0.05, 0.1) is 18.3 Å². The normalized spacial score (nSPS) is 11.6. The molecule has 0 radical (unpaired) electrons. The van der Waals surface area contributed by atoms with Crippen LogP contribution < -0.4 is 15.2 Å². The van der Waals surface area contributed by atoms with Gasteiger partial charge in [-0.2, -0.15) is 0 Å². The van der Waals surface area contributed by atoms with Gasteiger partial charge in [0, 0.05) is 0 Å². The molecule has 0 bridgehead atoms. The summed E-state index contributed by atoms with van der Waals surface area (Å²) in [6.45, 7) is 1.79. The van der Waals surface area contributed by atoms with E-state index in [1.165, 1.54) is 31.4 Å². The summed E-state index contributed by atoms with van der Waals surface area (Å²) in [4.78, 5) is 13.7. The number of H-pyrrole nitrogens is 1. The van der Waals surface area contributed by atoms with Crippen LogP contribution in [0.3, 0.4) is 0 Å². The number of anilines is 1. The number of oxazole rings is 1. The van der Waals surface area contributed by atoms with E-state index in [0.717, 1.165) is 5.56 Å². The Bertz CT molecular complexity index is 1030. The molecule has 0 fully saturated rings. The van der Waals surface area contributed by atoms with Crippen LogP contribution in [0.2, 0.25) is 0 Å². The van der Waals surface area contributed by atoms with E-state index in [1.807, 2.05) is 0 Å². The first-order valence-corrected chi connectivity index (χ1v) is 8.18. The van der Waals surface area contributed by atoms with E-state index < -0.39 is 15.8 Å². The van der Waals surface area contributed by atoms with Crippen molar-refractivity contribution in [1.29, 1.82) is 0 Å². The van der Waals surface area contributed by atoms with Crippen LogP contribution in [0.25, 0.3) is 11.1 Å². The molecule has 2 N–H and O–H groups in total. The first-order chi connectivity index (χ1) is 10.9. The minimum absolute atomic E-state index is 0.0424. The third kappa shape index (κ3) is 2.93. The number of fused-ring (bicyclic) bond motifs is 1. The Morgan fingerprint density at radius 2 is 1.96 bits per heavy atom. The first kappa shape index (κ1) is 15.2. The molecule has 0 amide bonds. The first-order valence-electron chi connectivity index (χ1n) is 6.69. The third-order valence-corrected chi connectivity index (χ3v) is 4.68. The molecule has 0 saturated carbocycles. The number of benzene rings is 2. The average Bonchev–Trinajstić information content (AvgIpc) is 2.86. The van der Waals surface area contributed by atoms with Gasteiger partial charge in [0.15, 0.2) is 5.58 Å². The lowest BCUT2D eigenvalue weighted by Gasteiger charge is -2.12. The fourth-order valence-electron chi connectivity index (χ4n) is 2.22. The SMILES string of the molecule is COc1ccc(C)cc1S(=O)(=O)Nc1ccc2oc(=O)[nH]c2c1. The van der Waals surface area contributed by atoms with Crippen molar-refractivity contribution < 1.29 is 17.6 Å². The Kier molecular flexibility index (Phi) is 3.61. The molecule has 1 heterocycles. The molecule has 8 heteroatoms. The number of aromatic amines is 1. The Labute approximate surface area is 131 Å². The fourth-order valence-corrected chi connectivity index (χ4v) is 3.52. The summed E-state index contributed by atoms with van der Waals surface area (Å²) in [5, 5.41) is 0. The van der Waals surface area contributed by atoms with E-state index in [4.69, 9.17) is 9.15 Å². The summed E-state index contributed by atoms with van der Waals surface area (Å²) >= 11 is 0. The Hall–Kier alpha value is -2.74. The lowest BCUT2D eigenvalue weighted by atomic mass is 10.2. The Morgan fingerprint density at radius 3 is 2.70 bits per heavy atom. The van der Waals surface area contributed by atoms with Crippen molar-refractivity contribution in [3.05, 3.63) is 52.5 Å². The van der Waals surface area contributed by atoms with Crippen LogP contribution in [0, 0.1) is 6.92 Å². The van der Waals surface area contributed by atoms with Gasteiger partial charge >= 0.3 is 5.76 Å². The molecule has 0 unspecified atom stereocenters. The molecule has 0 aliphatic carbocycles. The van der Waals surface area contributed by atoms with Gasteiger partial charge in [0.2, 0.25) is 0 Å².